The highest BCUT2D eigenvalue weighted by Crippen LogP contribution is 2.25. The van der Waals surface area contributed by atoms with Gasteiger partial charge >= 0.3 is 0 Å². The van der Waals surface area contributed by atoms with Gasteiger partial charge in [0.25, 0.3) is 0 Å². The minimum Gasteiger partial charge on any atom is -0.0484 e. The topological polar surface area (TPSA) is 3.88 Å². The van der Waals surface area contributed by atoms with E-state index in [0.717, 1.165) is 54.7 Å². The summed E-state index contributed by atoms with van der Waals surface area (Å²) in [7, 11) is 0. The number of aromatic nitrogens is 1. The van der Waals surface area contributed by atoms with E-state index in [1.807, 2.05) is 0 Å². The number of halogens is 1. The maximum Gasteiger partial charge on any atom is 0.233 e. The van der Waals surface area contributed by atoms with Gasteiger partial charge in [-0.25, -0.2) is 0 Å². The summed E-state index contributed by atoms with van der Waals surface area (Å²) in [5.74, 6) is 0. The second-order valence-corrected chi connectivity index (χ2v) is 4.78. The van der Waals surface area contributed by atoms with E-state index in [1.54, 1.807) is 0 Å². The molecule has 0 radical (unpaired) electrons. The quantitative estimate of drug-likeness (QED) is 0.614. The smallest absolute Gasteiger partial charge is 0.0484 e. The molecular formula is C13H17FN+. The molecule has 0 bridgehead atoms. The van der Waals surface area contributed by atoms with Gasteiger partial charge in [-0.2, -0.15) is 0 Å². The summed E-state index contributed by atoms with van der Waals surface area (Å²) in [6.45, 7) is 0. The molecule has 0 spiro atoms. The standard InChI is InChI=1S/C13H17FN/c14-15-12-7-3-1-5-10(12)9-11-6-2-4-8-13(11)15/h9H,1-8H2/q+1. The monoisotopic (exact) mass is 206 g/mol. The lowest BCUT2D eigenvalue weighted by molar-refractivity contribution is -0.855. The molecule has 0 aromatic carbocycles. The summed E-state index contributed by atoms with van der Waals surface area (Å²) in [4.78, 5) is 1.02. The molecule has 0 atom stereocenters. The Morgan fingerprint density at radius 1 is 0.800 bits per heavy atom. The van der Waals surface area contributed by atoms with Crippen molar-refractivity contribution in [2.45, 2.75) is 51.4 Å². The van der Waals surface area contributed by atoms with Crippen LogP contribution in [0.25, 0.3) is 0 Å². The van der Waals surface area contributed by atoms with Gasteiger partial charge in [0.2, 0.25) is 11.4 Å². The highest BCUT2D eigenvalue weighted by Gasteiger charge is 2.29. The number of aryl methyl sites for hydroxylation is 2. The number of fused-ring (bicyclic) bond motifs is 2. The number of nitrogens with zero attached hydrogens (tertiary/aromatic N) is 1. The van der Waals surface area contributed by atoms with Crippen LogP contribution in [0.2, 0.25) is 0 Å². The van der Waals surface area contributed by atoms with Gasteiger partial charge in [0.15, 0.2) is 0 Å². The first-order valence-electron chi connectivity index (χ1n) is 6.11. The first-order valence-corrected chi connectivity index (χ1v) is 6.11. The molecule has 1 nitrogen and oxygen atoms in total. The molecule has 1 aromatic rings. The third kappa shape index (κ3) is 1.47. The Labute approximate surface area is 89.9 Å². The normalized spacial score (nSPS) is 19.5. The van der Waals surface area contributed by atoms with Crippen LogP contribution in [0.1, 0.15) is 48.2 Å². The van der Waals surface area contributed by atoms with Crippen molar-refractivity contribution in [3.8, 4) is 0 Å². The Bertz CT molecular complexity index is 364. The zero-order valence-corrected chi connectivity index (χ0v) is 9.06. The van der Waals surface area contributed by atoms with E-state index in [4.69, 9.17) is 0 Å². The fraction of sp³-hybridized carbons (Fsp3) is 0.615. The fourth-order valence-electron chi connectivity index (χ4n) is 2.96. The molecule has 0 amide bonds. The zero-order valence-electron chi connectivity index (χ0n) is 9.06. The van der Waals surface area contributed by atoms with Crippen molar-refractivity contribution in [2.75, 3.05) is 0 Å². The predicted octanol–water partition coefficient (Wildman–Crippen LogP) is 2.46. The minimum atomic E-state index is 0.930. The van der Waals surface area contributed by atoms with Gasteiger partial charge in [0, 0.05) is 28.8 Å². The van der Waals surface area contributed by atoms with E-state index >= 15 is 0 Å². The number of hydrogen-bond donors (Lipinski definition) is 0. The number of hydrogen-bond acceptors (Lipinski definition) is 0. The fourth-order valence-corrected chi connectivity index (χ4v) is 2.96. The SMILES string of the molecule is F[n+]1c2c(cc3c1CCCC3)CCCC2. The van der Waals surface area contributed by atoms with Crippen LogP contribution in [0.4, 0.5) is 4.48 Å². The van der Waals surface area contributed by atoms with Crippen molar-refractivity contribution in [2.24, 2.45) is 0 Å². The molecule has 0 saturated heterocycles. The lowest BCUT2D eigenvalue weighted by Crippen LogP contribution is -2.39. The van der Waals surface area contributed by atoms with E-state index in [1.165, 1.54) is 24.0 Å². The molecule has 1 heterocycles. The summed E-state index contributed by atoms with van der Waals surface area (Å²) >= 11 is 0. The van der Waals surface area contributed by atoms with Gasteiger partial charge < -0.3 is 0 Å². The average Bonchev–Trinajstić information content (AvgIpc) is 2.30. The van der Waals surface area contributed by atoms with Crippen LogP contribution >= 0.6 is 0 Å². The molecular weight excluding hydrogens is 189 g/mol. The molecule has 15 heavy (non-hydrogen) atoms. The van der Waals surface area contributed by atoms with Crippen LogP contribution in [0.5, 0.6) is 0 Å². The van der Waals surface area contributed by atoms with Gasteiger partial charge in [-0.15, -0.1) is 0 Å². The van der Waals surface area contributed by atoms with E-state index in [0.29, 0.717) is 0 Å². The Hall–Kier alpha value is -0.920. The van der Waals surface area contributed by atoms with Gasteiger partial charge in [-0.1, -0.05) is 0 Å². The summed E-state index contributed by atoms with van der Waals surface area (Å²) in [6, 6.07) is 2.28. The van der Waals surface area contributed by atoms with E-state index in [-0.39, 0.29) is 0 Å². The van der Waals surface area contributed by atoms with Crippen molar-refractivity contribution in [1.82, 2.24) is 0 Å². The molecule has 0 N–H and O–H groups in total. The Morgan fingerprint density at radius 3 is 1.80 bits per heavy atom. The van der Waals surface area contributed by atoms with E-state index in [9.17, 15) is 4.48 Å². The molecule has 0 unspecified atom stereocenters. The van der Waals surface area contributed by atoms with Crippen LogP contribution in [0.3, 0.4) is 0 Å². The summed E-state index contributed by atoms with van der Waals surface area (Å²) < 4.78 is 14.2. The predicted molar refractivity (Wildman–Crippen MR) is 56.4 cm³/mol. The Morgan fingerprint density at radius 2 is 1.27 bits per heavy atom. The Balaban J connectivity index is 2.16. The molecule has 2 aliphatic rings. The molecule has 3 rings (SSSR count). The maximum absolute atomic E-state index is 14.2. The van der Waals surface area contributed by atoms with Gasteiger partial charge in [-0.05, 0) is 44.6 Å². The van der Waals surface area contributed by atoms with Gasteiger partial charge in [0.1, 0.15) is 0 Å². The van der Waals surface area contributed by atoms with E-state index in [2.05, 4.69) is 6.07 Å². The van der Waals surface area contributed by atoms with E-state index < -0.39 is 0 Å². The molecule has 1 aromatic heterocycles. The van der Waals surface area contributed by atoms with Crippen molar-refractivity contribution in [1.29, 1.82) is 0 Å². The minimum absolute atomic E-state index is 0.930. The largest absolute Gasteiger partial charge is 0.233 e. The second kappa shape index (κ2) is 3.58. The van der Waals surface area contributed by atoms with Crippen molar-refractivity contribution in [3.05, 3.63) is 28.6 Å². The Kier molecular flexibility index (Phi) is 2.23. The first-order chi connectivity index (χ1) is 7.36. The molecule has 2 aliphatic carbocycles. The molecule has 80 valence electrons. The average molecular weight is 206 g/mol. The van der Waals surface area contributed by atoms with Gasteiger partial charge in [-0.3, -0.25) is 0 Å². The molecule has 2 heteroatoms. The lowest BCUT2D eigenvalue weighted by atomic mass is 9.89. The number of pyridine rings is 1. The van der Waals surface area contributed by atoms with Crippen molar-refractivity contribution >= 4 is 0 Å². The lowest BCUT2D eigenvalue weighted by Gasteiger charge is -2.16. The molecule has 0 aliphatic heterocycles. The van der Waals surface area contributed by atoms with Crippen LogP contribution in [-0.2, 0) is 25.7 Å². The van der Waals surface area contributed by atoms with Crippen LogP contribution < -0.4 is 4.79 Å². The zero-order chi connectivity index (χ0) is 10.3. The van der Waals surface area contributed by atoms with Crippen molar-refractivity contribution in [3.63, 3.8) is 0 Å². The molecule has 0 saturated carbocycles. The highest BCUT2D eigenvalue weighted by molar-refractivity contribution is 5.29. The summed E-state index contributed by atoms with van der Waals surface area (Å²) in [6.07, 6.45) is 8.76. The highest BCUT2D eigenvalue weighted by atomic mass is 19.2. The third-order valence-corrected chi connectivity index (χ3v) is 3.78. The molecule has 0 fully saturated rings. The second-order valence-electron chi connectivity index (χ2n) is 4.78. The van der Waals surface area contributed by atoms with Crippen LogP contribution in [-0.4, -0.2) is 0 Å². The first kappa shape index (κ1) is 9.32. The van der Waals surface area contributed by atoms with Crippen molar-refractivity contribution < 1.29 is 9.27 Å². The van der Waals surface area contributed by atoms with Crippen LogP contribution in [0.15, 0.2) is 6.07 Å². The number of rotatable bonds is 0. The maximum atomic E-state index is 14.2. The third-order valence-electron chi connectivity index (χ3n) is 3.78. The summed E-state index contributed by atoms with van der Waals surface area (Å²) in [5.41, 5.74) is 4.46. The van der Waals surface area contributed by atoms with Gasteiger partial charge in [0.05, 0.1) is 4.48 Å². The summed E-state index contributed by atoms with van der Waals surface area (Å²) in [5, 5.41) is 0. The van der Waals surface area contributed by atoms with Crippen LogP contribution in [0, 0.1) is 0 Å².